The van der Waals surface area contributed by atoms with E-state index < -0.39 is 0 Å². The summed E-state index contributed by atoms with van der Waals surface area (Å²) in [5, 5.41) is 9.98. The Bertz CT molecular complexity index is 1600. The van der Waals surface area contributed by atoms with Crippen molar-refractivity contribution >= 4 is 54.7 Å². The average Bonchev–Trinajstić information content (AvgIpc) is 3.40. The van der Waals surface area contributed by atoms with Crippen molar-refractivity contribution in [3.63, 3.8) is 0 Å². The highest BCUT2D eigenvalue weighted by molar-refractivity contribution is 6.23. The second kappa shape index (κ2) is 5.85. The number of rotatable bonds is 1. The molecule has 7 rings (SSSR count). The summed E-state index contributed by atoms with van der Waals surface area (Å²) < 4.78 is 0. The van der Waals surface area contributed by atoms with Crippen LogP contribution in [0.4, 0.5) is 11.4 Å². The van der Waals surface area contributed by atoms with Crippen LogP contribution in [0.25, 0.3) is 43.4 Å². The molecule has 0 saturated carbocycles. The third-order valence-electron chi connectivity index (χ3n) is 6.41. The van der Waals surface area contributed by atoms with Crippen LogP contribution >= 0.6 is 0 Å². The van der Waals surface area contributed by atoms with E-state index in [4.69, 9.17) is 0 Å². The molecule has 0 unspecified atom stereocenters. The molecule has 30 heavy (non-hydrogen) atoms. The van der Waals surface area contributed by atoms with E-state index >= 15 is 0 Å². The normalized spacial score (nSPS) is 13.7. The standard InChI is InChI=1S/C27H19N3/c1-2-7-18(8-3-1)30-25-15-14-24-26(23(25)16-28-30)22-13-12-20-19-9-5-4-6-17(19)10-11-21(20)27(22)29-24/h1-15,28-29H,16H2. The number of nitrogens with zero attached hydrogens (tertiary/aromatic N) is 1. The molecule has 0 fully saturated rings. The first-order chi connectivity index (χ1) is 14.9. The number of fused-ring (bicyclic) bond motifs is 9. The number of nitrogens with one attached hydrogen (secondary N) is 2. The van der Waals surface area contributed by atoms with Gasteiger partial charge in [-0.3, -0.25) is 5.01 Å². The van der Waals surface area contributed by atoms with Gasteiger partial charge >= 0.3 is 0 Å². The Kier molecular flexibility index (Phi) is 3.12. The van der Waals surface area contributed by atoms with E-state index in [2.05, 4.69) is 106 Å². The smallest absolute Gasteiger partial charge is 0.0631 e. The molecule has 0 amide bonds. The molecule has 3 nitrogen and oxygen atoms in total. The molecule has 0 spiro atoms. The molecule has 2 N–H and O–H groups in total. The van der Waals surface area contributed by atoms with E-state index in [1.54, 1.807) is 0 Å². The molecule has 0 atom stereocenters. The lowest BCUT2D eigenvalue weighted by Crippen LogP contribution is -2.26. The lowest BCUT2D eigenvalue weighted by Gasteiger charge is -2.19. The van der Waals surface area contributed by atoms with Gasteiger partial charge in [-0.15, -0.1) is 0 Å². The summed E-state index contributed by atoms with van der Waals surface area (Å²) in [7, 11) is 0. The van der Waals surface area contributed by atoms with Crippen molar-refractivity contribution in [1.82, 2.24) is 10.4 Å². The minimum absolute atomic E-state index is 0.824. The van der Waals surface area contributed by atoms with Crippen LogP contribution in [0.15, 0.2) is 91.0 Å². The van der Waals surface area contributed by atoms with Crippen LogP contribution in [0.3, 0.4) is 0 Å². The summed E-state index contributed by atoms with van der Waals surface area (Å²) in [6, 6.07) is 32.6. The summed E-state index contributed by atoms with van der Waals surface area (Å²) in [5.41, 5.74) is 9.72. The van der Waals surface area contributed by atoms with Crippen LogP contribution < -0.4 is 10.4 Å². The zero-order valence-electron chi connectivity index (χ0n) is 16.3. The predicted molar refractivity (Wildman–Crippen MR) is 126 cm³/mol. The van der Waals surface area contributed by atoms with Crippen molar-refractivity contribution in [2.75, 3.05) is 5.01 Å². The number of anilines is 2. The van der Waals surface area contributed by atoms with Gasteiger partial charge in [-0.05, 0) is 40.4 Å². The number of hydrogen-bond donors (Lipinski definition) is 2. The zero-order chi connectivity index (χ0) is 19.7. The van der Waals surface area contributed by atoms with Crippen LogP contribution in [0.1, 0.15) is 5.56 Å². The number of benzene rings is 5. The average molecular weight is 385 g/mol. The van der Waals surface area contributed by atoms with Gasteiger partial charge in [0.1, 0.15) is 0 Å². The van der Waals surface area contributed by atoms with Crippen LogP contribution in [0, 0.1) is 0 Å². The molecule has 142 valence electrons. The van der Waals surface area contributed by atoms with Gasteiger partial charge in [-0.25, -0.2) is 5.43 Å². The molecule has 1 aliphatic heterocycles. The van der Waals surface area contributed by atoms with Gasteiger partial charge in [0.05, 0.1) is 16.9 Å². The fraction of sp³-hybridized carbons (Fsp3) is 0.0370. The van der Waals surface area contributed by atoms with Crippen molar-refractivity contribution in [2.45, 2.75) is 6.54 Å². The van der Waals surface area contributed by atoms with E-state index in [-0.39, 0.29) is 0 Å². The van der Waals surface area contributed by atoms with Gasteiger partial charge in [0.15, 0.2) is 0 Å². The topological polar surface area (TPSA) is 31.1 Å². The number of hydrogen-bond acceptors (Lipinski definition) is 2. The van der Waals surface area contributed by atoms with Crippen molar-refractivity contribution in [1.29, 1.82) is 0 Å². The number of hydrazine groups is 1. The highest BCUT2D eigenvalue weighted by Gasteiger charge is 2.24. The lowest BCUT2D eigenvalue weighted by molar-refractivity contribution is 0.767. The maximum Gasteiger partial charge on any atom is 0.0631 e. The summed E-state index contributed by atoms with van der Waals surface area (Å²) in [4.78, 5) is 3.72. The monoisotopic (exact) mass is 385 g/mol. The highest BCUT2D eigenvalue weighted by Crippen LogP contribution is 2.41. The molecule has 0 radical (unpaired) electrons. The molecule has 2 heterocycles. The van der Waals surface area contributed by atoms with Crippen molar-refractivity contribution in [3.8, 4) is 0 Å². The Balaban J connectivity index is 1.53. The molecule has 0 aliphatic carbocycles. The zero-order valence-corrected chi connectivity index (χ0v) is 16.3. The number of para-hydroxylation sites is 1. The first kappa shape index (κ1) is 16.0. The maximum atomic E-state index is 3.72. The van der Waals surface area contributed by atoms with E-state index in [0.717, 1.165) is 12.2 Å². The summed E-state index contributed by atoms with van der Waals surface area (Å²) in [5.74, 6) is 0. The Morgan fingerprint density at radius 1 is 0.633 bits per heavy atom. The number of H-pyrrole nitrogens is 1. The second-order valence-electron chi connectivity index (χ2n) is 7.99. The fourth-order valence-corrected chi connectivity index (χ4v) is 5.05. The SMILES string of the molecule is c1ccc(N2NCc3c2ccc2[nH]c4c5ccc6ccccc6c5ccc4c32)cc1. The van der Waals surface area contributed by atoms with Crippen molar-refractivity contribution < 1.29 is 0 Å². The Hall–Kier alpha value is -3.82. The van der Waals surface area contributed by atoms with E-state index in [9.17, 15) is 0 Å². The quantitative estimate of drug-likeness (QED) is 0.306. The van der Waals surface area contributed by atoms with Gasteiger partial charge in [-0.1, -0.05) is 66.7 Å². The molecule has 6 aromatic rings. The lowest BCUT2D eigenvalue weighted by atomic mass is 9.98. The van der Waals surface area contributed by atoms with Gasteiger partial charge in [0.25, 0.3) is 0 Å². The molecule has 5 aromatic carbocycles. The minimum Gasteiger partial charge on any atom is -0.354 e. The van der Waals surface area contributed by atoms with Crippen LogP contribution in [-0.4, -0.2) is 4.98 Å². The number of aromatic amines is 1. The number of aromatic nitrogens is 1. The largest absolute Gasteiger partial charge is 0.354 e. The molecule has 0 saturated heterocycles. The highest BCUT2D eigenvalue weighted by atomic mass is 15.5. The van der Waals surface area contributed by atoms with E-state index in [1.165, 1.54) is 54.6 Å². The Morgan fingerprint density at radius 2 is 1.43 bits per heavy atom. The fourth-order valence-electron chi connectivity index (χ4n) is 5.05. The molecular weight excluding hydrogens is 366 g/mol. The Morgan fingerprint density at radius 3 is 2.37 bits per heavy atom. The summed E-state index contributed by atoms with van der Waals surface area (Å²) >= 11 is 0. The Labute approximate surface area is 173 Å². The first-order valence-electron chi connectivity index (χ1n) is 10.3. The van der Waals surface area contributed by atoms with Crippen molar-refractivity contribution in [2.24, 2.45) is 0 Å². The van der Waals surface area contributed by atoms with Crippen LogP contribution in [0.5, 0.6) is 0 Å². The van der Waals surface area contributed by atoms with Crippen LogP contribution in [-0.2, 0) is 6.54 Å². The molecule has 1 aromatic heterocycles. The maximum absolute atomic E-state index is 3.72. The van der Waals surface area contributed by atoms with Gasteiger partial charge in [-0.2, -0.15) is 0 Å². The third kappa shape index (κ3) is 2.07. The van der Waals surface area contributed by atoms with E-state index in [1.807, 2.05) is 0 Å². The minimum atomic E-state index is 0.824. The van der Waals surface area contributed by atoms with Crippen LogP contribution in [0.2, 0.25) is 0 Å². The van der Waals surface area contributed by atoms with E-state index in [0.29, 0.717) is 0 Å². The summed E-state index contributed by atoms with van der Waals surface area (Å²) in [6.07, 6.45) is 0. The molecule has 1 aliphatic rings. The first-order valence-corrected chi connectivity index (χ1v) is 10.3. The van der Waals surface area contributed by atoms with Gasteiger partial charge in [0.2, 0.25) is 0 Å². The van der Waals surface area contributed by atoms with Gasteiger partial charge < -0.3 is 4.98 Å². The third-order valence-corrected chi connectivity index (χ3v) is 6.41. The summed E-state index contributed by atoms with van der Waals surface area (Å²) in [6.45, 7) is 0.824. The molecular formula is C27H19N3. The molecule has 3 heteroatoms. The predicted octanol–water partition coefficient (Wildman–Crippen LogP) is 6.78. The van der Waals surface area contributed by atoms with Gasteiger partial charge in [0, 0.05) is 33.8 Å². The second-order valence-corrected chi connectivity index (χ2v) is 7.99. The molecule has 0 bridgehead atoms. The van der Waals surface area contributed by atoms with Crippen molar-refractivity contribution in [3.05, 3.63) is 96.6 Å².